The van der Waals surface area contributed by atoms with Crippen molar-refractivity contribution in [3.05, 3.63) is 89.5 Å². The van der Waals surface area contributed by atoms with Gasteiger partial charge in [0.15, 0.2) is 0 Å². The van der Waals surface area contributed by atoms with Crippen molar-refractivity contribution in [2.24, 2.45) is 0 Å². The maximum Gasteiger partial charge on any atom is 0.343 e. The minimum absolute atomic E-state index is 0.367. The lowest BCUT2D eigenvalue weighted by Crippen LogP contribution is -2.08. The van der Waals surface area contributed by atoms with Crippen molar-refractivity contribution in [2.75, 3.05) is 0 Å². The first-order valence-electron chi connectivity index (χ1n) is 7.63. The highest BCUT2D eigenvalue weighted by atomic mass is 16.5. The van der Waals surface area contributed by atoms with Crippen molar-refractivity contribution in [2.45, 2.75) is 0 Å². The molecule has 4 nitrogen and oxygen atoms in total. The number of hydrogen-bond donors (Lipinski definition) is 0. The zero-order valence-electron chi connectivity index (χ0n) is 13.2. The van der Waals surface area contributed by atoms with Crippen LogP contribution in [-0.4, -0.2) is 18.5 Å². The highest BCUT2D eigenvalue weighted by Crippen LogP contribution is 2.24. The molecule has 0 aromatic heterocycles. The second kappa shape index (κ2) is 7.36. The molecule has 0 aliphatic heterocycles. The van der Waals surface area contributed by atoms with Gasteiger partial charge in [0, 0.05) is 11.1 Å². The fourth-order valence-corrected chi connectivity index (χ4v) is 2.36. The van der Waals surface area contributed by atoms with Crippen LogP contribution >= 0.6 is 0 Å². The van der Waals surface area contributed by atoms with E-state index in [1.54, 1.807) is 54.6 Å². The molecule has 122 valence electrons. The first-order chi connectivity index (χ1) is 12.2. The van der Waals surface area contributed by atoms with E-state index in [0.717, 1.165) is 17.4 Å². The Bertz CT molecular complexity index is 909. The number of ether oxygens (including phenoxy) is 1. The van der Waals surface area contributed by atoms with Crippen LogP contribution in [0.25, 0.3) is 11.1 Å². The van der Waals surface area contributed by atoms with Gasteiger partial charge in [-0.25, -0.2) is 4.79 Å². The smallest absolute Gasteiger partial charge is 0.343 e. The summed E-state index contributed by atoms with van der Waals surface area (Å²) in [5.41, 5.74) is 3.26. The molecule has 0 aliphatic rings. The van der Waals surface area contributed by atoms with Crippen LogP contribution in [0.4, 0.5) is 0 Å². The lowest BCUT2D eigenvalue weighted by Gasteiger charge is -2.07. The Labute approximate surface area is 144 Å². The van der Waals surface area contributed by atoms with Gasteiger partial charge in [0.25, 0.3) is 0 Å². The fourth-order valence-electron chi connectivity index (χ4n) is 2.36. The zero-order valence-corrected chi connectivity index (χ0v) is 13.2. The van der Waals surface area contributed by atoms with Crippen molar-refractivity contribution in [1.29, 1.82) is 0 Å². The predicted molar refractivity (Wildman–Crippen MR) is 94.1 cm³/mol. The SMILES string of the molecule is O=Cc1ccc(C(=O)Oc2cccc(-c3ccc(C=O)cc3)c2)cc1. The maximum atomic E-state index is 12.2. The molecule has 4 heteroatoms. The molecule has 0 aliphatic carbocycles. The van der Waals surface area contributed by atoms with Crippen molar-refractivity contribution in [3.63, 3.8) is 0 Å². The van der Waals surface area contributed by atoms with Crippen LogP contribution in [0.3, 0.4) is 0 Å². The Morgan fingerprint density at radius 1 is 0.720 bits per heavy atom. The molecule has 0 amide bonds. The number of esters is 1. The van der Waals surface area contributed by atoms with Crippen molar-refractivity contribution in [3.8, 4) is 16.9 Å². The molecule has 0 saturated heterocycles. The Balaban J connectivity index is 1.79. The molecule has 0 bridgehead atoms. The number of aldehydes is 2. The van der Waals surface area contributed by atoms with Gasteiger partial charge in [-0.15, -0.1) is 0 Å². The van der Waals surface area contributed by atoms with E-state index in [1.807, 2.05) is 18.2 Å². The first kappa shape index (κ1) is 16.3. The summed E-state index contributed by atoms with van der Waals surface area (Å²) in [5, 5.41) is 0. The van der Waals surface area contributed by atoms with Crippen LogP contribution in [0.15, 0.2) is 72.8 Å². The minimum Gasteiger partial charge on any atom is -0.423 e. The first-order valence-corrected chi connectivity index (χ1v) is 7.63. The molecule has 0 atom stereocenters. The van der Waals surface area contributed by atoms with E-state index in [0.29, 0.717) is 28.7 Å². The fraction of sp³-hybridized carbons (Fsp3) is 0. The predicted octanol–water partition coefficient (Wildman–Crippen LogP) is 4.20. The highest BCUT2D eigenvalue weighted by molar-refractivity contribution is 5.92. The summed E-state index contributed by atoms with van der Waals surface area (Å²) >= 11 is 0. The summed E-state index contributed by atoms with van der Waals surface area (Å²) in [5.74, 6) is -0.0765. The van der Waals surface area contributed by atoms with Crippen LogP contribution in [-0.2, 0) is 0 Å². The quantitative estimate of drug-likeness (QED) is 0.400. The standard InChI is InChI=1S/C21H14O4/c22-13-15-4-8-17(9-5-15)19-2-1-3-20(12-19)25-21(24)18-10-6-16(14-23)7-11-18/h1-14H. The Hall–Kier alpha value is -3.53. The number of rotatable bonds is 5. The molecule has 0 heterocycles. The summed E-state index contributed by atoms with van der Waals surface area (Å²) in [6, 6.07) is 20.5. The summed E-state index contributed by atoms with van der Waals surface area (Å²) in [4.78, 5) is 33.6. The number of carbonyl (C=O) groups is 3. The molecule has 0 spiro atoms. The minimum atomic E-state index is -0.495. The topological polar surface area (TPSA) is 60.4 Å². The number of hydrogen-bond acceptors (Lipinski definition) is 4. The molecule has 0 saturated carbocycles. The van der Waals surface area contributed by atoms with Gasteiger partial charge in [-0.1, -0.05) is 48.5 Å². The third-order valence-electron chi connectivity index (χ3n) is 3.71. The lowest BCUT2D eigenvalue weighted by atomic mass is 10.0. The third kappa shape index (κ3) is 3.87. The van der Waals surface area contributed by atoms with E-state index < -0.39 is 5.97 Å². The van der Waals surface area contributed by atoms with Crippen LogP contribution in [0.5, 0.6) is 5.75 Å². The highest BCUT2D eigenvalue weighted by Gasteiger charge is 2.09. The molecular weight excluding hydrogens is 316 g/mol. The molecule has 3 aromatic carbocycles. The summed E-state index contributed by atoms with van der Waals surface area (Å²) in [6.07, 6.45) is 1.51. The number of benzene rings is 3. The molecular formula is C21H14O4. The van der Waals surface area contributed by atoms with Gasteiger partial charge in [0.1, 0.15) is 18.3 Å². The molecule has 0 fully saturated rings. The van der Waals surface area contributed by atoms with Gasteiger partial charge in [0.05, 0.1) is 5.56 Å². The summed E-state index contributed by atoms with van der Waals surface area (Å²) in [7, 11) is 0. The van der Waals surface area contributed by atoms with Gasteiger partial charge in [-0.2, -0.15) is 0 Å². The van der Waals surface area contributed by atoms with Crippen LogP contribution < -0.4 is 4.74 Å². The van der Waals surface area contributed by atoms with E-state index in [2.05, 4.69) is 0 Å². The monoisotopic (exact) mass is 330 g/mol. The van der Waals surface area contributed by atoms with E-state index in [9.17, 15) is 14.4 Å². The van der Waals surface area contributed by atoms with Gasteiger partial charge < -0.3 is 4.74 Å². The Morgan fingerprint density at radius 3 is 1.92 bits per heavy atom. The molecule has 0 N–H and O–H groups in total. The van der Waals surface area contributed by atoms with Crippen LogP contribution in [0, 0.1) is 0 Å². The second-order valence-electron chi connectivity index (χ2n) is 5.40. The average molecular weight is 330 g/mol. The third-order valence-corrected chi connectivity index (χ3v) is 3.71. The van der Waals surface area contributed by atoms with Crippen molar-refractivity contribution in [1.82, 2.24) is 0 Å². The number of carbonyl (C=O) groups excluding carboxylic acids is 3. The van der Waals surface area contributed by atoms with Gasteiger partial charge in [-0.3, -0.25) is 9.59 Å². The largest absolute Gasteiger partial charge is 0.423 e. The van der Waals surface area contributed by atoms with E-state index in [1.165, 1.54) is 0 Å². The van der Waals surface area contributed by atoms with E-state index >= 15 is 0 Å². The van der Waals surface area contributed by atoms with E-state index in [-0.39, 0.29) is 0 Å². The molecule has 3 rings (SSSR count). The second-order valence-corrected chi connectivity index (χ2v) is 5.40. The summed E-state index contributed by atoms with van der Waals surface area (Å²) < 4.78 is 5.40. The van der Waals surface area contributed by atoms with Crippen LogP contribution in [0.2, 0.25) is 0 Å². The normalized spacial score (nSPS) is 10.1. The van der Waals surface area contributed by atoms with Gasteiger partial charge in [0.2, 0.25) is 0 Å². The molecule has 3 aromatic rings. The maximum absolute atomic E-state index is 12.2. The van der Waals surface area contributed by atoms with Gasteiger partial charge in [-0.05, 0) is 35.4 Å². The van der Waals surface area contributed by atoms with Gasteiger partial charge >= 0.3 is 5.97 Å². The van der Waals surface area contributed by atoms with Crippen LogP contribution in [0.1, 0.15) is 31.1 Å². The Morgan fingerprint density at radius 2 is 1.32 bits per heavy atom. The summed E-state index contributed by atoms with van der Waals surface area (Å²) in [6.45, 7) is 0. The van der Waals surface area contributed by atoms with Crippen molar-refractivity contribution >= 4 is 18.5 Å². The van der Waals surface area contributed by atoms with E-state index in [4.69, 9.17) is 4.74 Å². The molecule has 0 radical (unpaired) electrons. The average Bonchev–Trinajstić information content (AvgIpc) is 2.68. The zero-order chi connectivity index (χ0) is 17.6. The van der Waals surface area contributed by atoms with Crippen molar-refractivity contribution < 1.29 is 19.1 Å². The molecule has 25 heavy (non-hydrogen) atoms. The Kier molecular flexibility index (Phi) is 4.81. The molecule has 0 unspecified atom stereocenters. The lowest BCUT2D eigenvalue weighted by molar-refractivity contribution is 0.0734.